The van der Waals surface area contributed by atoms with Crippen LogP contribution in [0.1, 0.15) is 29.7 Å². The summed E-state index contributed by atoms with van der Waals surface area (Å²) in [6, 6.07) is 11.8. The number of aromatic nitrogens is 1. The summed E-state index contributed by atoms with van der Waals surface area (Å²) in [5.74, 6) is 1.01. The molecule has 2 unspecified atom stereocenters. The molecule has 3 rings (SSSR count). The topological polar surface area (TPSA) is 45.2 Å². The van der Waals surface area contributed by atoms with Crippen LogP contribution in [0, 0.1) is 0 Å². The van der Waals surface area contributed by atoms with E-state index in [9.17, 15) is 5.11 Å². The number of hydrogen-bond acceptors (Lipinski definition) is 2. The highest BCUT2D eigenvalue weighted by Gasteiger charge is 2.28. The Kier molecular flexibility index (Phi) is 2.61. The molecule has 0 radical (unpaired) electrons. The molecule has 1 aromatic heterocycles. The van der Waals surface area contributed by atoms with Crippen LogP contribution in [0.25, 0.3) is 0 Å². The molecular formula is C14H15NO2. The summed E-state index contributed by atoms with van der Waals surface area (Å²) in [7, 11) is 0. The van der Waals surface area contributed by atoms with Crippen LogP contribution in [0.2, 0.25) is 0 Å². The number of aliphatic hydroxyl groups is 1. The van der Waals surface area contributed by atoms with Gasteiger partial charge in [0.05, 0.1) is 6.61 Å². The molecule has 1 aliphatic rings. The van der Waals surface area contributed by atoms with Gasteiger partial charge in [-0.3, -0.25) is 0 Å². The fraction of sp³-hybridized carbons (Fsp3) is 0.286. The first-order valence-electron chi connectivity index (χ1n) is 5.89. The van der Waals surface area contributed by atoms with Gasteiger partial charge >= 0.3 is 0 Å². The van der Waals surface area contributed by atoms with Crippen LogP contribution < -0.4 is 4.74 Å². The lowest BCUT2D eigenvalue weighted by Gasteiger charge is -2.29. The number of ether oxygens (including phenoxy) is 1. The average Bonchev–Trinajstić information content (AvgIpc) is 2.91. The van der Waals surface area contributed by atoms with E-state index in [2.05, 4.69) is 4.98 Å². The Labute approximate surface area is 100 Å². The molecule has 0 aliphatic carbocycles. The fourth-order valence-corrected chi connectivity index (χ4v) is 2.44. The number of fused-ring (bicyclic) bond motifs is 1. The standard InChI is InChI=1S/C14H15NO2/c16-14(12-5-3-8-15-12)11-7-9-17-13-6-2-1-4-10(11)13/h1-6,8,11,14-16H,7,9H2. The van der Waals surface area contributed by atoms with Crippen molar-refractivity contribution in [3.8, 4) is 5.75 Å². The molecule has 0 saturated heterocycles. The van der Waals surface area contributed by atoms with Gasteiger partial charge in [-0.2, -0.15) is 0 Å². The van der Waals surface area contributed by atoms with Crippen LogP contribution in [0.5, 0.6) is 5.75 Å². The molecule has 0 saturated carbocycles. The van der Waals surface area contributed by atoms with E-state index in [1.165, 1.54) is 0 Å². The van der Waals surface area contributed by atoms with E-state index < -0.39 is 6.10 Å². The number of benzene rings is 1. The molecule has 2 N–H and O–H groups in total. The van der Waals surface area contributed by atoms with Crippen molar-refractivity contribution in [3.05, 3.63) is 53.9 Å². The summed E-state index contributed by atoms with van der Waals surface area (Å²) < 4.78 is 5.60. The van der Waals surface area contributed by atoms with Crippen molar-refractivity contribution in [1.82, 2.24) is 4.98 Å². The van der Waals surface area contributed by atoms with Crippen LogP contribution in [-0.2, 0) is 0 Å². The quantitative estimate of drug-likeness (QED) is 0.831. The van der Waals surface area contributed by atoms with Gasteiger partial charge in [-0.25, -0.2) is 0 Å². The molecule has 1 aliphatic heterocycles. The molecule has 3 nitrogen and oxygen atoms in total. The van der Waals surface area contributed by atoms with Gasteiger partial charge in [-0.1, -0.05) is 18.2 Å². The third kappa shape index (κ3) is 1.83. The van der Waals surface area contributed by atoms with Crippen LogP contribution in [-0.4, -0.2) is 16.7 Å². The highest BCUT2D eigenvalue weighted by Crippen LogP contribution is 2.40. The van der Waals surface area contributed by atoms with Crippen molar-refractivity contribution in [2.75, 3.05) is 6.61 Å². The van der Waals surface area contributed by atoms with Crippen molar-refractivity contribution < 1.29 is 9.84 Å². The summed E-state index contributed by atoms with van der Waals surface area (Å²) in [6.45, 7) is 0.666. The molecule has 0 spiro atoms. The fourth-order valence-electron chi connectivity index (χ4n) is 2.44. The lowest BCUT2D eigenvalue weighted by Crippen LogP contribution is -2.20. The largest absolute Gasteiger partial charge is 0.493 e. The first kappa shape index (κ1) is 10.4. The van der Waals surface area contributed by atoms with Gasteiger partial charge in [0.2, 0.25) is 0 Å². The Bertz CT molecular complexity index is 493. The zero-order valence-electron chi connectivity index (χ0n) is 9.47. The van der Waals surface area contributed by atoms with E-state index in [4.69, 9.17) is 4.74 Å². The minimum Gasteiger partial charge on any atom is -0.493 e. The number of hydrogen-bond donors (Lipinski definition) is 2. The van der Waals surface area contributed by atoms with Crippen LogP contribution in [0.15, 0.2) is 42.6 Å². The lowest BCUT2D eigenvalue weighted by molar-refractivity contribution is 0.114. The maximum atomic E-state index is 10.4. The predicted octanol–water partition coefficient (Wildman–Crippen LogP) is 2.61. The van der Waals surface area contributed by atoms with E-state index in [1.54, 1.807) is 0 Å². The SMILES string of the molecule is OC(c1ccc[nH]1)C1CCOc2ccccc21. The van der Waals surface area contributed by atoms with Crippen LogP contribution in [0.3, 0.4) is 0 Å². The van der Waals surface area contributed by atoms with E-state index in [1.807, 2.05) is 42.6 Å². The molecule has 0 bridgehead atoms. The molecule has 3 heteroatoms. The normalized spacial score (nSPS) is 20.4. The maximum absolute atomic E-state index is 10.4. The van der Waals surface area contributed by atoms with Crippen molar-refractivity contribution >= 4 is 0 Å². The zero-order chi connectivity index (χ0) is 11.7. The number of rotatable bonds is 2. The van der Waals surface area contributed by atoms with E-state index in [0.29, 0.717) is 6.61 Å². The highest BCUT2D eigenvalue weighted by atomic mass is 16.5. The molecule has 2 aromatic rings. The molecule has 0 amide bonds. The monoisotopic (exact) mass is 229 g/mol. The van der Waals surface area contributed by atoms with Crippen molar-refractivity contribution in [2.45, 2.75) is 18.4 Å². The molecular weight excluding hydrogens is 214 g/mol. The third-order valence-corrected chi connectivity index (χ3v) is 3.33. The molecule has 1 aromatic carbocycles. The van der Waals surface area contributed by atoms with Gasteiger partial charge in [0.15, 0.2) is 0 Å². The number of H-pyrrole nitrogens is 1. The second-order valence-corrected chi connectivity index (χ2v) is 4.35. The third-order valence-electron chi connectivity index (χ3n) is 3.33. The lowest BCUT2D eigenvalue weighted by atomic mass is 9.87. The van der Waals surface area contributed by atoms with E-state index >= 15 is 0 Å². The van der Waals surface area contributed by atoms with E-state index in [0.717, 1.165) is 23.4 Å². The Morgan fingerprint density at radius 2 is 2.12 bits per heavy atom. The summed E-state index contributed by atoms with van der Waals surface area (Å²) in [5.41, 5.74) is 1.97. The highest BCUT2D eigenvalue weighted by molar-refractivity contribution is 5.39. The first-order valence-corrected chi connectivity index (χ1v) is 5.89. The first-order chi connectivity index (χ1) is 8.36. The average molecular weight is 229 g/mol. The van der Waals surface area contributed by atoms with Gasteiger partial charge in [-0.05, 0) is 24.6 Å². The number of para-hydroxylation sites is 1. The summed E-state index contributed by atoms with van der Waals surface area (Å²) in [6.07, 6.45) is 2.19. The Morgan fingerprint density at radius 1 is 1.24 bits per heavy atom. The molecule has 2 atom stereocenters. The van der Waals surface area contributed by atoms with Gasteiger partial charge in [0.1, 0.15) is 11.9 Å². The summed E-state index contributed by atoms with van der Waals surface area (Å²) in [5, 5.41) is 10.4. The molecule has 0 fully saturated rings. The van der Waals surface area contributed by atoms with Gasteiger partial charge < -0.3 is 14.8 Å². The number of aliphatic hydroxyl groups excluding tert-OH is 1. The van der Waals surface area contributed by atoms with Crippen LogP contribution in [0.4, 0.5) is 0 Å². The van der Waals surface area contributed by atoms with Crippen molar-refractivity contribution in [1.29, 1.82) is 0 Å². The predicted molar refractivity (Wildman–Crippen MR) is 65.0 cm³/mol. The molecule has 2 heterocycles. The second kappa shape index (κ2) is 4.26. The van der Waals surface area contributed by atoms with Crippen molar-refractivity contribution in [2.24, 2.45) is 0 Å². The van der Waals surface area contributed by atoms with Gasteiger partial charge in [0, 0.05) is 23.4 Å². The maximum Gasteiger partial charge on any atom is 0.122 e. The van der Waals surface area contributed by atoms with Gasteiger partial charge in [0.25, 0.3) is 0 Å². The Hall–Kier alpha value is -1.74. The van der Waals surface area contributed by atoms with Crippen molar-refractivity contribution in [3.63, 3.8) is 0 Å². The number of aromatic amines is 1. The zero-order valence-corrected chi connectivity index (χ0v) is 9.47. The van der Waals surface area contributed by atoms with Gasteiger partial charge in [-0.15, -0.1) is 0 Å². The Balaban J connectivity index is 1.95. The summed E-state index contributed by atoms with van der Waals surface area (Å²) in [4.78, 5) is 3.07. The van der Waals surface area contributed by atoms with Crippen LogP contribution >= 0.6 is 0 Å². The summed E-state index contributed by atoms with van der Waals surface area (Å²) >= 11 is 0. The number of nitrogens with one attached hydrogen (secondary N) is 1. The Morgan fingerprint density at radius 3 is 2.94 bits per heavy atom. The molecule has 17 heavy (non-hydrogen) atoms. The minimum atomic E-state index is -0.491. The minimum absolute atomic E-state index is 0.110. The smallest absolute Gasteiger partial charge is 0.122 e. The van der Waals surface area contributed by atoms with E-state index in [-0.39, 0.29) is 5.92 Å². The second-order valence-electron chi connectivity index (χ2n) is 4.35. The molecule has 88 valence electrons.